The SMILES string of the molecule is Cc1ccc(Sc2cccc(F)c2C2CCNCC2)c(Cl)c1. The molecule has 0 spiro atoms. The van der Waals surface area contributed by atoms with Gasteiger partial charge in [-0.3, -0.25) is 0 Å². The zero-order valence-corrected chi connectivity index (χ0v) is 14.1. The van der Waals surface area contributed by atoms with E-state index in [9.17, 15) is 4.39 Å². The van der Waals surface area contributed by atoms with Gasteiger partial charge >= 0.3 is 0 Å². The van der Waals surface area contributed by atoms with Crippen molar-refractivity contribution >= 4 is 23.4 Å². The molecule has 0 saturated carbocycles. The number of hydrogen-bond acceptors (Lipinski definition) is 2. The minimum absolute atomic E-state index is 0.0971. The van der Waals surface area contributed by atoms with Crippen LogP contribution in [0.3, 0.4) is 0 Å². The van der Waals surface area contributed by atoms with Crippen molar-refractivity contribution < 1.29 is 4.39 Å². The van der Waals surface area contributed by atoms with E-state index in [2.05, 4.69) is 5.32 Å². The molecule has 116 valence electrons. The normalized spacial score (nSPS) is 16.0. The van der Waals surface area contributed by atoms with Crippen molar-refractivity contribution in [1.29, 1.82) is 0 Å². The van der Waals surface area contributed by atoms with Gasteiger partial charge in [-0.2, -0.15) is 0 Å². The Bertz CT molecular complexity index is 668. The molecular weight excluding hydrogens is 317 g/mol. The molecule has 1 N–H and O–H groups in total. The second kappa shape index (κ2) is 7.03. The molecule has 0 aliphatic carbocycles. The van der Waals surface area contributed by atoms with Crippen LogP contribution in [0.5, 0.6) is 0 Å². The van der Waals surface area contributed by atoms with Crippen LogP contribution in [0.1, 0.15) is 29.9 Å². The quantitative estimate of drug-likeness (QED) is 0.805. The van der Waals surface area contributed by atoms with Crippen LogP contribution in [0, 0.1) is 12.7 Å². The topological polar surface area (TPSA) is 12.0 Å². The highest BCUT2D eigenvalue weighted by Gasteiger charge is 2.22. The van der Waals surface area contributed by atoms with E-state index in [-0.39, 0.29) is 11.7 Å². The first-order valence-electron chi connectivity index (χ1n) is 7.58. The van der Waals surface area contributed by atoms with Crippen molar-refractivity contribution in [3.8, 4) is 0 Å². The van der Waals surface area contributed by atoms with Crippen LogP contribution < -0.4 is 5.32 Å². The first kappa shape index (κ1) is 15.9. The van der Waals surface area contributed by atoms with Gasteiger partial charge in [0.2, 0.25) is 0 Å². The molecule has 0 unspecified atom stereocenters. The minimum atomic E-state index is -0.0971. The van der Waals surface area contributed by atoms with Crippen LogP contribution in [0.15, 0.2) is 46.2 Å². The molecule has 0 atom stereocenters. The second-order valence-corrected chi connectivity index (χ2v) is 7.20. The fraction of sp³-hybridized carbons (Fsp3) is 0.333. The van der Waals surface area contributed by atoms with Crippen LogP contribution in [-0.4, -0.2) is 13.1 Å². The van der Waals surface area contributed by atoms with Crippen molar-refractivity contribution in [1.82, 2.24) is 5.32 Å². The minimum Gasteiger partial charge on any atom is -0.317 e. The van der Waals surface area contributed by atoms with E-state index in [1.807, 2.05) is 31.2 Å². The van der Waals surface area contributed by atoms with Crippen molar-refractivity contribution in [2.45, 2.75) is 35.5 Å². The molecule has 3 rings (SSSR count). The lowest BCUT2D eigenvalue weighted by molar-refractivity contribution is 0.439. The number of nitrogens with one attached hydrogen (secondary N) is 1. The summed E-state index contributed by atoms with van der Waals surface area (Å²) >= 11 is 7.90. The molecular formula is C18H19ClFNS. The van der Waals surface area contributed by atoms with Gasteiger partial charge in [0.25, 0.3) is 0 Å². The van der Waals surface area contributed by atoms with Crippen molar-refractivity contribution in [3.05, 3.63) is 58.4 Å². The highest BCUT2D eigenvalue weighted by Crippen LogP contribution is 2.40. The van der Waals surface area contributed by atoms with Gasteiger partial charge in [0.05, 0.1) is 5.02 Å². The van der Waals surface area contributed by atoms with E-state index in [0.717, 1.165) is 51.9 Å². The third-order valence-corrected chi connectivity index (χ3v) is 5.64. The van der Waals surface area contributed by atoms with Gasteiger partial charge in [0, 0.05) is 15.4 Å². The predicted molar refractivity (Wildman–Crippen MR) is 91.6 cm³/mol. The average molecular weight is 336 g/mol. The number of rotatable bonds is 3. The number of benzene rings is 2. The molecule has 22 heavy (non-hydrogen) atoms. The third kappa shape index (κ3) is 3.48. The highest BCUT2D eigenvalue weighted by molar-refractivity contribution is 7.99. The molecule has 1 fully saturated rings. The molecule has 1 heterocycles. The second-order valence-electron chi connectivity index (χ2n) is 5.71. The van der Waals surface area contributed by atoms with E-state index >= 15 is 0 Å². The van der Waals surface area contributed by atoms with Crippen molar-refractivity contribution in [2.75, 3.05) is 13.1 Å². The van der Waals surface area contributed by atoms with E-state index in [4.69, 9.17) is 11.6 Å². The number of aryl methyl sites for hydroxylation is 1. The summed E-state index contributed by atoms with van der Waals surface area (Å²) in [7, 11) is 0. The monoisotopic (exact) mass is 335 g/mol. The zero-order chi connectivity index (χ0) is 15.5. The molecule has 1 aliphatic heterocycles. The Morgan fingerprint density at radius 2 is 1.91 bits per heavy atom. The molecule has 2 aromatic carbocycles. The summed E-state index contributed by atoms with van der Waals surface area (Å²) in [6.45, 7) is 3.92. The van der Waals surface area contributed by atoms with Gasteiger partial charge < -0.3 is 5.32 Å². The van der Waals surface area contributed by atoms with Gasteiger partial charge in [-0.25, -0.2) is 4.39 Å². The van der Waals surface area contributed by atoms with Crippen LogP contribution in [0.4, 0.5) is 4.39 Å². The summed E-state index contributed by atoms with van der Waals surface area (Å²) in [5.74, 6) is 0.189. The molecule has 0 bridgehead atoms. The Labute approximate surface area is 140 Å². The van der Waals surface area contributed by atoms with E-state index in [1.54, 1.807) is 23.9 Å². The molecule has 0 amide bonds. The average Bonchev–Trinajstić information content (AvgIpc) is 2.51. The Hall–Kier alpha value is -1.03. The summed E-state index contributed by atoms with van der Waals surface area (Å²) in [5.41, 5.74) is 1.98. The Kier molecular flexibility index (Phi) is 5.07. The lowest BCUT2D eigenvalue weighted by Gasteiger charge is -2.25. The first-order chi connectivity index (χ1) is 10.6. The fourth-order valence-electron chi connectivity index (χ4n) is 2.92. The maximum Gasteiger partial charge on any atom is 0.127 e. The van der Waals surface area contributed by atoms with E-state index < -0.39 is 0 Å². The lowest BCUT2D eigenvalue weighted by Crippen LogP contribution is -2.27. The molecule has 0 radical (unpaired) electrons. The summed E-state index contributed by atoms with van der Waals surface area (Å²) in [6, 6.07) is 11.4. The number of piperidine rings is 1. The summed E-state index contributed by atoms with van der Waals surface area (Å²) in [6.07, 6.45) is 1.96. The van der Waals surface area contributed by atoms with Gasteiger partial charge in [-0.05, 0) is 68.6 Å². The summed E-state index contributed by atoms with van der Waals surface area (Å²) < 4.78 is 14.4. The van der Waals surface area contributed by atoms with Crippen LogP contribution in [0.2, 0.25) is 5.02 Å². The van der Waals surface area contributed by atoms with E-state index in [0.29, 0.717) is 0 Å². The molecule has 4 heteroatoms. The lowest BCUT2D eigenvalue weighted by atomic mass is 9.90. The van der Waals surface area contributed by atoms with Gasteiger partial charge in [-0.15, -0.1) is 0 Å². The van der Waals surface area contributed by atoms with Crippen molar-refractivity contribution in [3.63, 3.8) is 0 Å². The van der Waals surface area contributed by atoms with Crippen LogP contribution in [-0.2, 0) is 0 Å². The molecule has 2 aromatic rings. The molecule has 1 nitrogen and oxygen atoms in total. The van der Waals surface area contributed by atoms with Crippen LogP contribution >= 0.6 is 23.4 Å². The fourth-order valence-corrected chi connectivity index (χ4v) is 4.32. The van der Waals surface area contributed by atoms with Crippen LogP contribution in [0.25, 0.3) is 0 Å². The van der Waals surface area contributed by atoms with E-state index in [1.165, 1.54) is 0 Å². The summed E-state index contributed by atoms with van der Waals surface area (Å²) in [4.78, 5) is 1.96. The smallest absolute Gasteiger partial charge is 0.127 e. The van der Waals surface area contributed by atoms with Gasteiger partial charge in [-0.1, -0.05) is 35.5 Å². The van der Waals surface area contributed by atoms with Gasteiger partial charge in [0.15, 0.2) is 0 Å². The third-order valence-electron chi connectivity index (χ3n) is 4.07. The maximum absolute atomic E-state index is 14.4. The Morgan fingerprint density at radius 1 is 1.14 bits per heavy atom. The van der Waals surface area contributed by atoms with Crippen molar-refractivity contribution in [2.24, 2.45) is 0 Å². The number of halogens is 2. The first-order valence-corrected chi connectivity index (χ1v) is 8.78. The molecule has 1 saturated heterocycles. The largest absolute Gasteiger partial charge is 0.317 e. The molecule has 0 aromatic heterocycles. The predicted octanol–water partition coefficient (Wildman–Crippen LogP) is 5.41. The zero-order valence-electron chi connectivity index (χ0n) is 12.5. The van der Waals surface area contributed by atoms with Gasteiger partial charge in [0.1, 0.15) is 5.82 Å². The highest BCUT2D eigenvalue weighted by atomic mass is 35.5. The standard InChI is InChI=1S/C18H19ClFNS/c1-12-5-6-16(14(19)11-12)22-17-4-2-3-15(20)18(17)13-7-9-21-10-8-13/h2-6,11,13,21H,7-10H2,1H3. The number of hydrogen-bond donors (Lipinski definition) is 1. The Balaban J connectivity index is 1.94. The molecule has 1 aliphatic rings. The maximum atomic E-state index is 14.4. The summed E-state index contributed by atoms with van der Waals surface area (Å²) in [5, 5.41) is 4.07. The Morgan fingerprint density at radius 3 is 2.64 bits per heavy atom.